The van der Waals surface area contributed by atoms with Gasteiger partial charge in [-0.25, -0.2) is 0 Å². The molecule has 3 rings (SSSR count). The van der Waals surface area contributed by atoms with Gasteiger partial charge in [0.15, 0.2) is 0 Å². The van der Waals surface area contributed by atoms with Crippen LogP contribution >= 0.6 is 0 Å². The lowest BCUT2D eigenvalue weighted by Crippen LogP contribution is -2.67. The summed E-state index contributed by atoms with van der Waals surface area (Å²) in [6, 6.07) is -3.44. The highest BCUT2D eigenvalue weighted by atomic mass is 19.4. The van der Waals surface area contributed by atoms with Crippen LogP contribution in [0.25, 0.3) is 0 Å². The Bertz CT molecular complexity index is 1250. The predicted molar refractivity (Wildman–Crippen MR) is 164 cm³/mol. The summed E-state index contributed by atoms with van der Waals surface area (Å²) in [6.45, 7) is 2.66. The van der Waals surface area contributed by atoms with Gasteiger partial charge >= 0.3 is 18.1 Å². The predicted octanol–water partition coefficient (Wildman–Crippen LogP) is 0.882. The SMILES string of the molecule is CN(CC(=O)N[C@@H](CC(=O)O)C(=O)N1CCCC1)C(=O)[C@H](CC1CCCCC1)N(C)C(=O)C1CCN1C(=O)C(C)(C)NC(=O)C(F)(F)F. The molecular weight excluding hydrogens is 641 g/mol. The molecule has 0 aromatic heterocycles. The van der Waals surface area contributed by atoms with Gasteiger partial charge in [-0.15, -0.1) is 0 Å². The summed E-state index contributed by atoms with van der Waals surface area (Å²) < 4.78 is 38.6. The van der Waals surface area contributed by atoms with E-state index in [1.54, 1.807) is 5.32 Å². The Labute approximate surface area is 277 Å². The van der Waals surface area contributed by atoms with Gasteiger partial charge in [0.1, 0.15) is 23.7 Å². The standard InChI is InChI=1S/C31H47F3N6O8/c1-30(2,36-28(47)31(32,33)34)29(48)40-15-12-21(40)27(46)38(4)22(16-19-10-6-5-7-11-19)26(45)37(3)18-23(41)35-20(17-24(42)43)25(44)39-13-8-9-14-39/h19-22H,5-18H2,1-4H3,(H,35,41)(H,36,47)(H,42,43)/t20-,21?,22-/m0/s1. The Morgan fingerprint density at radius 3 is 2.02 bits per heavy atom. The van der Waals surface area contributed by atoms with E-state index in [-0.39, 0.29) is 25.3 Å². The smallest absolute Gasteiger partial charge is 0.471 e. The number of alkyl halides is 3. The van der Waals surface area contributed by atoms with Crippen molar-refractivity contribution in [3.05, 3.63) is 0 Å². The van der Waals surface area contributed by atoms with Gasteiger partial charge in [-0.1, -0.05) is 32.1 Å². The van der Waals surface area contributed by atoms with Gasteiger partial charge in [-0.05, 0) is 45.4 Å². The highest BCUT2D eigenvalue weighted by Crippen LogP contribution is 2.31. The molecule has 2 aliphatic heterocycles. The molecule has 3 aliphatic rings. The van der Waals surface area contributed by atoms with E-state index in [0.29, 0.717) is 13.1 Å². The first-order valence-corrected chi connectivity index (χ1v) is 16.4. The molecule has 6 amide bonds. The number of carboxylic acid groups (broad SMARTS) is 1. The maximum Gasteiger partial charge on any atom is 0.471 e. The zero-order chi connectivity index (χ0) is 36.0. The fourth-order valence-electron chi connectivity index (χ4n) is 6.53. The fraction of sp³-hybridized carbons (Fsp3) is 0.774. The molecule has 1 aliphatic carbocycles. The van der Waals surface area contributed by atoms with Gasteiger partial charge in [-0.3, -0.25) is 33.6 Å². The van der Waals surface area contributed by atoms with Crippen LogP contribution in [0.15, 0.2) is 0 Å². The summed E-state index contributed by atoms with van der Waals surface area (Å²) in [6.07, 6.45) is 0.742. The molecule has 2 saturated heterocycles. The van der Waals surface area contributed by atoms with Gasteiger partial charge in [0.25, 0.3) is 0 Å². The number of carbonyl (C=O) groups is 7. The highest BCUT2D eigenvalue weighted by molar-refractivity contribution is 5.98. The van der Waals surface area contributed by atoms with E-state index < -0.39 is 84.2 Å². The molecule has 1 saturated carbocycles. The number of amides is 6. The minimum Gasteiger partial charge on any atom is -0.481 e. The van der Waals surface area contributed by atoms with Crippen LogP contribution in [-0.4, -0.2) is 136 Å². The van der Waals surface area contributed by atoms with Crippen LogP contribution in [0.1, 0.15) is 78.1 Å². The van der Waals surface area contributed by atoms with Crippen molar-refractivity contribution in [1.82, 2.24) is 30.2 Å². The number of likely N-dealkylation sites (N-methyl/N-ethyl adjacent to an activating group) is 2. The number of halogens is 3. The van der Waals surface area contributed by atoms with Crippen molar-refractivity contribution in [3.8, 4) is 0 Å². The second kappa shape index (κ2) is 16.0. The molecule has 270 valence electrons. The van der Waals surface area contributed by atoms with Crippen LogP contribution in [0.3, 0.4) is 0 Å². The van der Waals surface area contributed by atoms with Gasteiger partial charge < -0.3 is 35.3 Å². The molecule has 14 nitrogen and oxygen atoms in total. The van der Waals surface area contributed by atoms with Crippen molar-refractivity contribution in [1.29, 1.82) is 0 Å². The normalized spacial score (nSPS) is 19.9. The zero-order valence-electron chi connectivity index (χ0n) is 27.9. The van der Waals surface area contributed by atoms with Crippen molar-refractivity contribution in [2.24, 2.45) is 5.92 Å². The molecule has 1 unspecified atom stereocenters. The van der Waals surface area contributed by atoms with Crippen molar-refractivity contribution in [2.45, 2.75) is 108 Å². The summed E-state index contributed by atoms with van der Waals surface area (Å²) in [5.74, 6) is -6.83. The van der Waals surface area contributed by atoms with E-state index in [9.17, 15) is 51.8 Å². The lowest BCUT2D eigenvalue weighted by molar-refractivity contribution is -0.177. The van der Waals surface area contributed by atoms with Gasteiger partial charge in [0.2, 0.25) is 29.5 Å². The number of rotatable bonds is 13. The van der Waals surface area contributed by atoms with E-state index >= 15 is 0 Å². The van der Waals surface area contributed by atoms with E-state index in [2.05, 4.69) is 5.32 Å². The first-order valence-electron chi connectivity index (χ1n) is 16.4. The van der Waals surface area contributed by atoms with Gasteiger partial charge in [0, 0.05) is 33.7 Å². The van der Waals surface area contributed by atoms with E-state index in [1.807, 2.05) is 0 Å². The van der Waals surface area contributed by atoms with E-state index in [4.69, 9.17) is 0 Å². The minimum absolute atomic E-state index is 0.0589. The number of nitrogens with zero attached hydrogens (tertiary/aromatic N) is 4. The average molecular weight is 689 g/mol. The molecule has 3 fully saturated rings. The third kappa shape index (κ3) is 9.81. The lowest BCUT2D eigenvalue weighted by Gasteiger charge is -2.46. The quantitative estimate of drug-likeness (QED) is 0.256. The largest absolute Gasteiger partial charge is 0.481 e. The monoisotopic (exact) mass is 688 g/mol. The maximum absolute atomic E-state index is 13.9. The lowest BCUT2D eigenvalue weighted by atomic mass is 9.84. The topological polar surface area (TPSA) is 177 Å². The van der Waals surface area contributed by atoms with Gasteiger partial charge in [0.05, 0.1) is 13.0 Å². The van der Waals surface area contributed by atoms with Crippen LogP contribution in [0.5, 0.6) is 0 Å². The van der Waals surface area contributed by atoms with Crippen molar-refractivity contribution < 1.29 is 51.8 Å². The molecular formula is C31H47F3N6O8. The second-order valence-electron chi connectivity index (χ2n) is 13.5. The summed E-state index contributed by atoms with van der Waals surface area (Å²) in [4.78, 5) is 94.5. The maximum atomic E-state index is 13.9. The molecule has 0 aromatic rings. The number of carboxylic acids is 1. The zero-order valence-corrected chi connectivity index (χ0v) is 27.9. The molecule has 3 N–H and O–H groups in total. The summed E-state index contributed by atoms with van der Waals surface area (Å²) in [5.41, 5.74) is -1.97. The number of hydrogen-bond acceptors (Lipinski definition) is 7. The van der Waals surface area contributed by atoms with Crippen LogP contribution in [0.2, 0.25) is 0 Å². The van der Waals surface area contributed by atoms with Crippen LogP contribution in [-0.2, 0) is 33.6 Å². The number of aliphatic carboxylic acids is 1. The first kappa shape index (κ1) is 38.5. The van der Waals surface area contributed by atoms with Crippen LogP contribution in [0, 0.1) is 5.92 Å². The molecule has 0 radical (unpaired) electrons. The number of nitrogens with one attached hydrogen (secondary N) is 2. The Kier molecular flexibility index (Phi) is 12.8. The molecule has 0 bridgehead atoms. The Balaban J connectivity index is 1.73. The molecule has 48 heavy (non-hydrogen) atoms. The van der Waals surface area contributed by atoms with Crippen molar-refractivity contribution in [3.63, 3.8) is 0 Å². The third-order valence-electron chi connectivity index (χ3n) is 9.35. The molecule has 17 heteroatoms. The van der Waals surface area contributed by atoms with Crippen LogP contribution in [0.4, 0.5) is 13.2 Å². The molecule has 3 atom stereocenters. The van der Waals surface area contributed by atoms with E-state index in [1.165, 1.54) is 23.9 Å². The number of carbonyl (C=O) groups excluding carboxylic acids is 6. The number of likely N-dealkylation sites (tertiary alicyclic amines) is 2. The Morgan fingerprint density at radius 1 is 0.896 bits per heavy atom. The summed E-state index contributed by atoms with van der Waals surface area (Å²) >= 11 is 0. The first-order chi connectivity index (χ1) is 22.3. The summed E-state index contributed by atoms with van der Waals surface area (Å²) in [7, 11) is 2.75. The van der Waals surface area contributed by atoms with E-state index in [0.717, 1.165) is 68.6 Å². The Morgan fingerprint density at radius 2 is 1.50 bits per heavy atom. The molecule has 2 heterocycles. The molecule has 0 aromatic carbocycles. The average Bonchev–Trinajstić information content (AvgIpc) is 3.52. The molecule has 0 spiro atoms. The van der Waals surface area contributed by atoms with Gasteiger partial charge in [-0.2, -0.15) is 13.2 Å². The Hall–Kier alpha value is -3.92. The van der Waals surface area contributed by atoms with Crippen molar-refractivity contribution in [2.75, 3.05) is 40.3 Å². The third-order valence-corrected chi connectivity index (χ3v) is 9.35. The number of hydrogen-bond donors (Lipinski definition) is 3. The van der Waals surface area contributed by atoms with Crippen molar-refractivity contribution >= 4 is 41.4 Å². The summed E-state index contributed by atoms with van der Waals surface area (Å²) in [5, 5.41) is 13.4. The van der Waals surface area contributed by atoms with Crippen LogP contribution < -0.4 is 10.6 Å². The minimum atomic E-state index is -5.21. The highest BCUT2D eigenvalue weighted by Gasteiger charge is 2.49. The second-order valence-corrected chi connectivity index (χ2v) is 13.5. The fourth-order valence-corrected chi connectivity index (χ4v) is 6.53.